The Morgan fingerprint density at radius 1 is 1.17 bits per heavy atom. The Morgan fingerprint density at radius 3 is 2.76 bits per heavy atom. The molecule has 5 rings (SSSR count). The third kappa shape index (κ3) is 4.14. The lowest BCUT2D eigenvalue weighted by atomic mass is 9.84. The lowest BCUT2D eigenvalue weighted by Crippen LogP contribution is -2.38. The Bertz CT molecular complexity index is 805. The number of nitrogens with zero attached hydrogens (tertiary/aromatic N) is 2. The summed E-state index contributed by atoms with van der Waals surface area (Å²) >= 11 is 0. The van der Waals surface area contributed by atoms with Crippen LogP contribution in [-0.4, -0.2) is 43.1 Å². The summed E-state index contributed by atoms with van der Waals surface area (Å²) in [4.78, 5) is 14.6. The highest BCUT2D eigenvalue weighted by Crippen LogP contribution is 2.42. The number of ether oxygens (including phenoxy) is 1. The number of hydrogen-bond acceptors (Lipinski definition) is 4. The number of benzene rings is 1. The van der Waals surface area contributed by atoms with Gasteiger partial charge in [-0.05, 0) is 75.6 Å². The van der Waals surface area contributed by atoms with Gasteiger partial charge in [-0.15, -0.1) is 0 Å². The predicted octanol–water partition coefficient (Wildman–Crippen LogP) is 3.44. The molecule has 0 aromatic heterocycles. The molecule has 0 unspecified atom stereocenters. The van der Waals surface area contributed by atoms with Gasteiger partial charge in [-0.25, -0.2) is 0 Å². The summed E-state index contributed by atoms with van der Waals surface area (Å²) in [5, 5.41) is 12.5. The number of fused-ring (bicyclic) bond motifs is 3. The van der Waals surface area contributed by atoms with Gasteiger partial charge in [0.05, 0.1) is 18.2 Å². The predicted molar refractivity (Wildman–Crippen MR) is 111 cm³/mol. The molecule has 29 heavy (non-hydrogen) atoms. The molecule has 2 aliphatic carbocycles. The molecule has 1 N–H and O–H groups in total. The van der Waals surface area contributed by atoms with Gasteiger partial charge in [-0.2, -0.15) is 5.26 Å². The van der Waals surface area contributed by atoms with Crippen LogP contribution >= 0.6 is 0 Å². The molecule has 1 amide bonds. The van der Waals surface area contributed by atoms with Crippen LogP contribution in [0.15, 0.2) is 18.2 Å². The highest BCUT2D eigenvalue weighted by atomic mass is 16.5. The van der Waals surface area contributed by atoms with E-state index in [0.29, 0.717) is 29.7 Å². The number of carbonyl (C=O) groups is 1. The molecule has 2 saturated carbocycles. The van der Waals surface area contributed by atoms with E-state index in [2.05, 4.69) is 16.3 Å². The van der Waals surface area contributed by atoms with Crippen LogP contribution in [0.5, 0.6) is 5.75 Å². The number of hydrogen-bond donors (Lipinski definition) is 1. The standard InChI is InChI=1S/C24H31N3O2/c25-12-17-3-8-23-21(11-17)22-14-27(13-19(22)15-29-23)10-9-16-1-6-20(7-2-16)26-24(28)18-4-5-18/h3,8,11,16,18-20,22H,1-2,4-7,9-10,13-15H2,(H,26,28)/t16-,19-,20-,22+/m0/s1. The molecule has 5 heteroatoms. The van der Waals surface area contributed by atoms with Crippen LogP contribution in [0.2, 0.25) is 0 Å². The fraction of sp³-hybridized carbons (Fsp3) is 0.667. The SMILES string of the molecule is N#Cc1ccc2c(c1)[C@@H]1CN(CC[C@H]3CC[C@H](NC(=O)C4CC4)CC3)C[C@H]1CO2. The first-order valence-corrected chi connectivity index (χ1v) is 11.4. The topological polar surface area (TPSA) is 65.4 Å². The van der Waals surface area contributed by atoms with Crippen molar-refractivity contribution in [3.8, 4) is 11.8 Å². The monoisotopic (exact) mass is 393 g/mol. The first-order chi connectivity index (χ1) is 14.2. The van der Waals surface area contributed by atoms with Crippen molar-refractivity contribution in [3.05, 3.63) is 29.3 Å². The zero-order valence-electron chi connectivity index (χ0n) is 17.1. The molecule has 4 aliphatic rings. The first kappa shape index (κ1) is 18.9. The number of amides is 1. The lowest BCUT2D eigenvalue weighted by molar-refractivity contribution is -0.123. The third-order valence-corrected chi connectivity index (χ3v) is 7.50. The van der Waals surface area contributed by atoms with Crippen molar-refractivity contribution in [2.24, 2.45) is 17.8 Å². The highest BCUT2D eigenvalue weighted by Gasteiger charge is 2.39. The minimum absolute atomic E-state index is 0.301. The Hall–Kier alpha value is -2.06. The number of carbonyl (C=O) groups excluding carboxylic acids is 1. The van der Waals surface area contributed by atoms with Crippen molar-refractivity contribution in [1.29, 1.82) is 5.26 Å². The van der Waals surface area contributed by atoms with Crippen LogP contribution in [0.1, 0.15) is 62.0 Å². The van der Waals surface area contributed by atoms with Crippen LogP contribution in [0.25, 0.3) is 0 Å². The highest BCUT2D eigenvalue weighted by molar-refractivity contribution is 5.81. The van der Waals surface area contributed by atoms with E-state index in [1.807, 2.05) is 18.2 Å². The molecule has 0 spiro atoms. The van der Waals surface area contributed by atoms with Crippen molar-refractivity contribution < 1.29 is 9.53 Å². The average Bonchev–Trinajstić information content (AvgIpc) is 3.52. The van der Waals surface area contributed by atoms with Crippen molar-refractivity contribution >= 4 is 5.91 Å². The summed E-state index contributed by atoms with van der Waals surface area (Å²) in [5.41, 5.74) is 1.96. The van der Waals surface area contributed by atoms with Gasteiger partial charge in [-0.1, -0.05) is 0 Å². The summed E-state index contributed by atoms with van der Waals surface area (Å²) in [5.74, 6) is 3.43. The molecule has 154 valence electrons. The maximum atomic E-state index is 12.0. The third-order valence-electron chi connectivity index (χ3n) is 7.50. The second-order valence-electron chi connectivity index (χ2n) is 9.59. The summed E-state index contributed by atoms with van der Waals surface area (Å²) in [6, 6.07) is 8.54. The van der Waals surface area contributed by atoms with Crippen LogP contribution in [-0.2, 0) is 4.79 Å². The molecular weight excluding hydrogens is 362 g/mol. The van der Waals surface area contributed by atoms with Crippen LogP contribution in [0.4, 0.5) is 0 Å². The van der Waals surface area contributed by atoms with E-state index in [4.69, 9.17) is 4.74 Å². The quantitative estimate of drug-likeness (QED) is 0.832. The van der Waals surface area contributed by atoms with Crippen molar-refractivity contribution in [2.75, 3.05) is 26.2 Å². The maximum Gasteiger partial charge on any atom is 0.223 e. The zero-order chi connectivity index (χ0) is 19.8. The normalized spacial score (nSPS) is 31.3. The number of likely N-dealkylation sites (tertiary alicyclic amines) is 1. The minimum Gasteiger partial charge on any atom is -0.493 e. The molecular formula is C24H31N3O2. The van der Waals surface area contributed by atoms with E-state index >= 15 is 0 Å². The molecule has 1 aromatic rings. The van der Waals surface area contributed by atoms with Crippen molar-refractivity contribution in [3.63, 3.8) is 0 Å². The Balaban J connectivity index is 1.10. The van der Waals surface area contributed by atoms with E-state index in [1.54, 1.807) is 0 Å². The van der Waals surface area contributed by atoms with Gasteiger partial charge >= 0.3 is 0 Å². The second-order valence-corrected chi connectivity index (χ2v) is 9.59. The van der Waals surface area contributed by atoms with Gasteiger partial charge in [0.1, 0.15) is 5.75 Å². The molecule has 2 aliphatic heterocycles. The lowest BCUT2D eigenvalue weighted by Gasteiger charge is -2.30. The van der Waals surface area contributed by atoms with Crippen molar-refractivity contribution in [2.45, 2.75) is 56.9 Å². The van der Waals surface area contributed by atoms with Crippen molar-refractivity contribution in [1.82, 2.24) is 10.2 Å². The van der Waals surface area contributed by atoms with Gasteiger partial charge in [0.15, 0.2) is 0 Å². The van der Waals surface area contributed by atoms with Crippen LogP contribution < -0.4 is 10.1 Å². The Kier molecular flexibility index (Phi) is 5.22. The maximum absolute atomic E-state index is 12.0. The average molecular weight is 394 g/mol. The van der Waals surface area contributed by atoms with Gasteiger partial charge in [0.25, 0.3) is 0 Å². The van der Waals surface area contributed by atoms with Gasteiger partial charge in [0.2, 0.25) is 5.91 Å². The first-order valence-electron chi connectivity index (χ1n) is 11.4. The number of nitriles is 1. The minimum atomic E-state index is 0.301. The fourth-order valence-electron chi connectivity index (χ4n) is 5.53. The van der Waals surface area contributed by atoms with Crippen LogP contribution in [0, 0.1) is 29.1 Å². The molecule has 1 aromatic carbocycles. The molecule has 5 nitrogen and oxygen atoms in total. The Labute approximate surface area is 173 Å². The number of nitrogens with one attached hydrogen (secondary N) is 1. The number of rotatable bonds is 5. The summed E-state index contributed by atoms with van der Waals surface area (Å²) < 4.78 is 5.97. The van der Waals surface area contributed by atoms with Crippen LogP contribution in [0.3, 0.4) is 0 Å². The van der Waals surface area contributed by atoms with Gasteiger partial charge in [0, 0.05) is 42.4 Å². The molecule has 0 radical (unpaired) electrons. The Morgan fingerprint density at radius 2 is 2.00 bits per heavy atom. The van der Waals surface area contributed by atoms with E-state index in [0.717, 1.165) is 69.2 Å². The molecule has 2 atom stereocenters. The molecule has 1 saturated heterocycles. The van der Waals surface area contributed by atoms with E-state index < -0.39 is 0 Å². The second kappa shape index (κ2) is 7.99. The smallest absolute Gasteiger partial charge is 0.223 e. The van der Waals surface area contributed by atoms with E-state index in [9.17, 15) is 10.1 Å². The molecule has 3 fully saturated rings. The van der Waals surface area contributed by atoms with Gasteiger partial charge < -0.3 is 15.0 Å². The largest absolute Gasteiger partial charge is 0.493 e. The van der Waals surface area contributed by atoms with E-state index in [-0.39, 0.29) is 0 Å². The summed E-state index contributed by atoms with van der Waals surface area (Å²) in [6.45, 7) is 4.15. The summed E-state index contributed by atoms with van der Waals surface area (Å²) in [6.07, 6.45) is 8.22. The zero-order valence-corrected chi connectivity index (χ0v) is 17.1. The molecule has 0 bridgehead atoms. The molecule has 2 heterocycles. The van der Waals surface area contributed by atoms with E-state index in [1.165, 1.54) is 24.8 Å². The summed E-state index contributed by atoms with van der Waals surface area (Å²) in [7, 11) is 0. The van der Waals surface area contributed by atoms with Gasteiger partial charge in [-0.3, -0.25) is 4.79 Å². The fourth-order valence-corrected chi connectivity index (χ4v) is 5.53.